The predicted octanol–water partition coefficient (Wildman–Crippen LogP) is 1.98. The summed E-state index contributed by atoms with van der Waals surface area (Å²) in [6, 6.07) is 32.1. The van der Waals surface area contributed by atoms with Gasteiger partial charge in [-0.1, -0.05) is 73.3 Å². The van der Waals surface area contributed by atoms with E-state index < -0.39 is 7.26 Å². The molecule has 0 fully saturated rings. The van der Waals surface area contributed by atoms with Crippen molar-refractivity contribution >= 4 is 23.3 Å². The summed E-state index contributed by atoms with van der Waals surface area (Å²) >= 11 is 0. The van der Waals surface area contributed by atoms with Crippen molar-refractivity contribution in [3.63, 3.8) is 0 Å². The predicted molar refractivity (Wildman–Crippen MR) is 146 cm³/mol. The van der Waals surface area contributed by atoms with E-state index in [9.17, 15) is 0 Å². The monoisotopic (exact) mass is 542 g/mol. The summed E-state index contributed by atoms with van der Waals surface area (Å²) in [5.74, 6) is 0. The second kappa shape index (κ2) is 11.5. The SMILES string of the molecule is C=C1C=CC=CC1[P+](c1ccccc1)(c1ccccc1)c1ccc(C)c(-c2ccccn2)n1.O.[Br-]. The lowest BCUT2D eigenvalue weighted by Gasteiger charge is -2.33. The van der Waals surface area contributed by atoms with E-state index in [0.717, 1.165) is 28.0 Å². The summed E-state index contributed by atoms with van der Waals surface area (Å²) in [7, 11) is -2.23. The maximum absolute atomic E-state index is 5.37. The van der Waals surface area contributed by atoms with Crippen LogP contribution in [-0.4, -0.2) is 21.1 Å². The maximum atomic E-state index is 5.37. The van der Waals surface area contributed by atoms with Crippen LogP contribution in [0.2, 0.25) is 0 Å². The third-order valence-electron chi connectivity index (χ3n) is 6.19. The van der Waals surface area contributed by atoms with Crippen molar-refractivity contribution in [1.29, 1.82) is 0 Å². The van der Waals surface area contributed by atoms with E-state index in [1.165, 1.54) is 10.6 Å². The molecule has 0 spiro atoms. The first-order chi connectivity index (χ1) is 16.2. The summed E-state index contributed by atoms with van der Waals surface area (Å²) in [5.41, 5.74) is 5.28. The Bertz CT molecular complexity index is 1300. The Morgan fingerprint density at radius 1 is 0.771 bits per heavy atom. The number of pyridine rings is 2. The van der Waals surface area contributed by atoms with E-state index in [4.69, 9.17) is 4.98 Å². The number of nitrogens with zero attached hydrogens (tertiary/aromatic N) is 2. The average Bonchev–Trinajstić information content (AvgIpc) is 2.88. The van der Waals surface area contributed by atoms with Gasteiger partial charge in [-0.05, 0) is 60.5 Å². The fourth-order valence-corrected chi connectivity index (χ4v) is 9.18. The smallest absolute Gasteiger partial charge is 0.194 e. The molecule has 0 saturated carbocycles. The van der Waals surface area contributed by atoms with Gasteiger partial charge < -0.3 is 22.5 Å². The van der Waals surface area contributed by atoms with Gasteiger partial charge in [-0.2, -0.15) is 0 Å². The topological polar surface area (TPSA) is 57.3 Å². The van der Waals surface area contributed by atoms with Gasteiger partial charge in [0.05, 0.1) is 11.4 Å². The van der Waals surface area contributed by atoms with Gasteiger partial charge in [-0.25, -0.2) is 4.98 Å². The van der Waals surface area contributed by atoms with Crippen LogP contribution in [0.25, 0.3) is 11.4 Å². The molecule has 0 bridgehead atoms. The lowest BCUT2D eigenvalue weighted by atomic mass is 10.1. The fourth-order valence-electron chi connectivity index (χ4n) is 4.63. The molecule has 5 rings (SSSR count). The number of hydrogen-bond acceptors (Lipinski definition) is 2. The number of halogens is 1. The molecule has 1 unspecified atom stereocenters. The Labute approximate surface area is 218 Å². The molecule has 2 heterocycles. The Morgan fingerprint density at radius 2 is 1.40 bits per heavy atom. The molecule has 0 saturated heterocycles. The highest BCUT2D eigenvalue weighted by Gasteiger charge is 2.54. The summed E-state index contributed by atoms with van der Waals surface area (Å²) in [5, 5.41) is 2.59. The van der Waals surface area contributed by atoms with Crippen LogP contribution in [0.4, 0.5) is 0 Å². The number of aromatic nitrogens is 2. The molecule has 35 heavy (non-hydrogen) atoms. The lowest BCUT2D eigenvalue weighted by molar-refractivity contribution is -0.00000771. The largest absolute Gasteiger partial charge is 1.00 e. The molecule has 1 aliphatic rings. The van der Waals surface area contributed by atoms with E-state index in [-0.39, 0.29) is 28.1 Å². The van der Waals surface area contributed by atoms with Gasteiger partial charge in [0.25, 0.3) is 0 Å². The molecule has 4 aromatic rings. The van der Waals surface area contributed by atoms with E-state index in [1.807, 2.05) is 24.4 Å². The number of rotatable bonds is 5. The van der Waals surface area contributed by atoms with Crippen LogP contribution in [0.1, 0.15) is 5.56 Å². The molecule has 2 N–H and O–H groups in total. The molecule has 0 radical (unpaired) electrons. The minimum atomic E-state index is -2.23. The Balaban J connectivity index is 0.00000171. The fraction of sp³-hybridized carbons (Fsp3) is 0.0667. The normalized spacial score (nSPS) is 14.7. The molecule has 0 amide bonds. The molecule has 176 valence electrons. The second-order valence-electron chi connectivity index (χ2n) is 8.21. The van der Waals surface area contributed by atoms with E-state index in [2.05, 4.69) is 116 Å². The lowest BCUT2D eigenvalue weighted by Crippen LogP contribution is -3.00. The van der Waals surface area contributed by atoms with Gasteiger partial charge in [-0.15, -0.1) is 0 Å². The number of aryl methyl sites for hydroxylation is 1. The van der Waals surface area contributed by atoms with Crippen molar-refractivity contribution < 1.29 is 22.5 Å². The average molecular weight is 543 g/mol. The maximum Gasteiger partial charge on any atom is 0.194 e. The van der Waals surface area contributed by atoms with E-state index >= 15 is 0 Å². The Morgan fingerprint density at radius 3 is 1.97 bits per heavy atom. The zero-order valence-electron chi connectivity index (χ0n) is 19.6. The molecule has 5 heteroatoms. The molecular weight excluding hydrogens is 515 g/mol. The first-order valence-electron chi connectivity index (χ1n) is 11.1. The first-order valence-corrected chi connectivity index (χ1v) is 13.0. The third-order valence-corrected chi connectivity index (χ3v) is 10.7. The van der Waals surface area contributed by atoms with Crippen LogP contribution in [0.3, 0.4) is 0 Å². The van der Waals surface area contributed by atoms with Crippen molar-refractivity contribution in [3.05, 3.63) is 139 Å². The molecule has 2 aromatic heterocycles. The van der Waals surface area contributed by atoms with Gasteiger partial charge in [0.15, 0.2) is 5.44 Å². The molecule has 2 aromatic carbocycles. The summed E-state index contributed by atoms with van der Waals surface area (Å²) in [6.45, 7) is 6.59. The van der Waals surface area contributed by atoms with Crippen LogP contribution in [0.5, 0.6) is 0 Å². The second-order valence-corrected chi connectivity index (χ2v) is 11.7. The van der Waals surface area contributed by atoms with Crippen molar-refractivity contribution in [1.82, 2.24) is 9.97 Å². The highest BCUT2D eigenvalue weighted by atomic mass is 79.9. The van der Waals surface area contributed by atoms with Crippen molar-refractivity contribution in [2.24, 2.45) is 0 Å². The molecule has 0 aliphatic heterocycles. The Kier molecular flexibility index (Phi) is 8.69. The highest BCUT2D eigenvalue weighted by molar-refractivity contribution is 7.96. The summed E-state index contributed by atoms with van der Waals surface area (Å²) in [4.78, 5) is 9.98. The number of benzene rings is 2. The highest BCUT2D eigenvalue weighted by Crippen LogP contribution is 2.62. The quantitative estimate of drug-likeness (QED) is 0.362. The van der Waals surface area contributed by atoms with Gasteiger partial charge in [0.2, 0.25) is 0 Å². The van der Waals surface area contributed by atoms with Crippen LogP contribution in [-0.2, 0) is 0 Å². The van der Waals surface area contributed by atoms with Crippen molar-refractivity contribution in [3.8, 4) is 11.4 Å². The third kappa shape index (κ3) is 4.83. The summed E-state index contributed by atoms with van der Waals surface area (Å²) in [6.07, 6.45) is 10.5. The van der Waals surface area contributed by atoms with Gasteiger partial charge in [-0.3, -0.25) is 4.98 Å². The van der Waals surface area contributed by atoms with E-state index in [1.54, 1.807) is 0 Å². The van der Waals surface area contributed by atoms with Gasteiger partial charge in [0, 0.05) is 12.3 Å². The molecular formula is C30H28BrN2OP. The van der Waals surface area contributed by atoms with Crippen LogP contribution >= 0.6 is 7.26 Å². The Hall–Kier alpha value is -3.17. The first kappa shape index (κ1) is 26.4. The van der Waals surface area contributed by atoms with Crippen LogP contribution in [0.15, 0.2) is 134 Å². The van der Waals surface area contributed by atoms with Crippen LogP contribution in [0, 0.1) is 6.92 Å². The number of allylic oxidation sites excluding steroid dienone is 5. The zero-order chi connectivity index (χ0) is 22.7. The minimum absolute atomic E-state index is 0. The summed E-state index contributed by atoms with van der Waals surface area (Å²) < 4.78 is 0. The molecule has 1 aliphatic carbocycles. The molecule has 3 nitrogen and oxygen atoms in total. The van der Waals surface area contributed by atoms with Crippen LogP contribution < -0.4 is 33.0 Å². The zero-order valence-corrected chi connectivity index (χ0v) is 22.0. The van der Waals surface area contributed by atoms with Crippen molar-refractivity contribution in [2.75, 3.05) is 0 Å². The molecule has 1 atom stereocenters. The standard InChI is InChI=1S/C30H26N2P.BrH.H2O/c1-23-13-9-10-19-28(23)33(25-14-5-3-6-15-25,26-16-7-4-8-17-26)29-21-20-24(2)30(32-29)27-18-11-12-22-31-27;;/h3-22,28H,1H2,2H3;1H;1H2/q+1;;/p-1. The van der Waals surface area contributed by atoms with Gasteiger partial charge >= 0.3 is 0 Å². The minimum Gasteiger partial charge on any atom is -1.00 e. The van der Waals surface area contributed by atoms with Gasteiger partial charge in [0.1, 0.15) is 23.5 Å². The van der Waals surface area contributed by atoms with E-state index in [0.29, 0.717) is 0 Å². The number of hydrogen-bond donors (Lipinski definition) is 0. The van der Waals surface area contributed by atoms with Crippen molar-refractivity contribution in [2.45, 2.75) is 12.6 Å².